The molecule has 0 atom stereocenters. The molecule has 3 rings (SSSR count). The minimum atomic E-state index is -1.02. The summed E-state index contributed by atoms with van der Waals surface area (Å²) in [6.45, 7) is 1.79. The normalized spacial score (nSPS) is 11.0. The van der Waals surface area contributed by atoms with Gasteiger partial charge >= 0.3 is 5.97 Å². The van der Waals surface area contributed by atoms with E-state index in [1.807, 2.05) is 30.3 Å². The summed E-state index contributed by atoms with van der Waals surface area (Å²) in [6, 6.07) is 15.5. The van der Waals surface area contributed by atoms with E-state index in [4.69, 9.17) is 5.11 Å². The topological polar surface area (TPSA) is 87.5 Å². The number of hydrogen-bond donors (Lipinski definition) is 2. The summed E-state index contributed by atoms with van der Waals surface area (Å²) in [7, 11) is 0. The molecule has 3 aromatic rings. The van der Waals surface area contributed by atoms with Crippen molar-refractivity contribution in [3.8, 4) is 5.69 Å². The number of carbonyl (C=O) groups is 1. The highest BCUT2D eigenvalue weighted by atomic mass is 16.4. The van der Waals surface area contributed by atoms with Gasteiger partial charge in [-0.1, -0.05) is 24.3 Å². The van der Waals surface area contributed by atoms with E-state index in [9.17, 15) is 9.59 Å². The maximum absolute atomic E-state index is 12.5. The molecule has 0 aliphatic rings. The van der Waals surface area contributed by atoms with Crippen LogP contribution in [0.1, 0.15) is 21.6 Å². The van der Waals surface area contributed by atoms with Crippen molar-refractivity contribution in [3.63, 3.8) is 0 Å². The van der Waals surface area contributed by atoms with Crippen molar-refractivity contribution in [2.24, 2.45) is 4.99 Å². The molecule has 120 valence electrons. The second kappa shape index (κ2) is 6.37. The molecule has 0 saturated heterocycles. The highest BCUT2D eigenvalue weighted by molar-refractivity contribution is 5.89. The first-order valence-corrected chi connectivity index (χ1v) is 7.31. The number of carboxylic acids is 1. The van der Waals surface area contributed by atoms with E-state index in [0.717, 1.165) is 5.69 Å². The van der Waals surface area contributed by atoms with Gasteiger partial charge in [0.15, 0.2) is 0 Å². The first-order chi connectivity index (χ1) is 11.6. The zero-order valence-electron chi connectivity index (χ0n) is 12.9. The van der Waals surface area contributed by atoms with Gasteiger partial charge < -0.3 is 5.11 Å². The van der Waals surface area contributed by atoms with Crippen LogP contribution in [-0.4, -0.2) is 27.1 Å². The van der Waals surface area contributed by atoms with E-state index in [1.54, 1.807) is 19.1 Å². The smallest absolute Gasteiger partial charge is 0.335 e. The van der Waals surface area contributed by atoms with Crippen molar-refractivity contribution in [1.82, 2.24) is 9.78 Å². The Bertz CT molecular complexity index is 969. The fourth-order valence-electron chi connectivity index (χ4n) is 2.33. The fraction of sp³-hybridized carbons (Fsp3) is 0.0556. The highest BCUT2D eigenvalue weighted by Gasteiger charge is 2.10. The number of hydrogen-bond acceptors (Lipinski definition) is 3. The van der Waals surface area contributed by atoms with E-state index in [0.29, 0.717) is 16.9 Å². The SMILES string of the molecule is Cc1[nH]n(-c2ccccc2)c(=O)c1C=Nc1cccc(C(=O)O)c1. The number of nitrogens with one attached hydrogen (secondary N) is 1. The zero-order chi connectivity index (χ0) is 17.1. The Morgan fingerprint density at radius 2 is 1.92 bits per heavy atom. The van der Waals surface area contributed by atoms with Gasteiger partial charge in [0.2, 0.25) is 0 Å². The molecule has 2 aromatic carbocycles. The molecular weight excluding hydrogens is 306 g/mol. The van der Waals surface area contributed by atoms with E-state index in [1.165, 1.54) is 23.0 Å². The molecular formula is C18H15N3O3. The lowest BCUT2D eigenvalue weighted by molar-refractivity contribution is 0.0697. The van der Waals surface area contributed by atoms with Crippen LogP contribution in [0.4, 0.5) is 5.69 Å². The summed E-state index contributed by atoms with van der Waals surface area (Å²) in [5.41, 5.74) is 2.26. The number of aromatic nitrogens is 2. The Morgan fingerprint density at radius 1 is 1.17 bits per heavy atom. The first kappa shape index (κ1) is 15.5. The monoisotopic (exact) mass is 321 g/mol. The van der Waals surface area contributed by atoms with Crippen molar-refractivity contribution >= 4 is 17.9 Å². The first-order valence-electron chi connectivity index (χ1n) is 7.31. The third kappa shape index (κ3) is 3.03. The predicted molar refractivity (Wildman–Crippen MR) is 91.8 cm³/mol. The molecule has 1 heterocycles. The third-order valence-electron chi connectivity index (χ3n) is 3.57. The number of aliphatic imine (C=N–C) groups is 1. The number of nitrogens with zero attached hydrogens (tertiary/aromatic N) is 2. The van der Waals surface area contributed by atoms with Crippen molar-refractivity contribution in [3.05, 3.63) is 81.8 Å². The van der Waals surface area contributed by atoms with E-state index >= 15 is 0 Å². The highest BCUT2D eigenvalue weighted by Crippen LogP contribution is 2.14. The standard InChI is InChI=1S/C18H15N3O3/c1-12-16(11-19-14-7-5-6-13(10-14)18(23)24)17(22)21(20-12)15-8-3-2-4-9-15/h2-11,20H,1H3,(H,23,24). The Balaban J connectivity index is 1.97. The molecule has 0 fully saturated rings. The van der Waals surface area contributed by atoms with Crippen molar-refractivity contribution in [2.45, 2.75) is 6.92 Å². The van der Waals surface area contributed by atoms with Crippen LogP contribution in [0.3, 0.4) is 0 Å². The van der Waals surface area contributed by atoms with Crippen LogP contribution in [0.15, 0.2) is 64.4 Å². The molecule has 0 amide bonds. The third-order valence-corrected chi connectivity index (χ3v) is 3.57. The van der Waals surface area contributed by atoms with E-state index in [2.05, 4.69) is 10.1 Å². The van der Waals surface area contributed by atoms with Crippen LogP contribution in [-0.2, 0) is 0 Å². The number of carboxylic acid groups (broad SMARTS) is 1. The van der Waals surface area contributed by atoms with Crippen LogP contribution in [0.5, 0.6) is 0 Å². The molecule has 24 heavy (non-hydrogen) atoms. The number of aromatic amines is 1. The van der Waals surface area contributed by atoms with Crippen LogP contribution < -0.4 is 5.56 Å². The number of rotatable bonds is 4. The van der Waals surface area contributed by atoms with Gasteiger partial charge in [0.25, 0.3) is 5.56 Å². The summed E-state index contributed by atoms with van der Waals surface area (Å²) >= 11 is 0. The molecule has 0 saturated carbocycles. The zero-order valence-corrected chi connectivity index (χ0v) is 12.9. The van der Waals surface area contributed by atoms with Crippen LogP contribution in [0.25, 0.3) is 5.69 Å². The Kier molecular flexibility index (Phi) is 4.11. The van der Waals surface area contributed by atoms with E-state index in [-0.39, 0.29) is 11.1 Å². The minimum Gasteiger partial charge on any atom is -0.478 e. The van der Waals surface area contributed by atoms with Crippen LogP contribution in [0.2, 0.25) is 0 Å². The summed E-state index contributed by atoms with van der Waals surface area (Å²) in [5, 5.41) is 12.0. The van der Waals surface area contributed by atoms with Gasteiger partial charge in [0.1, 0.15) is 0 Å². The fourth-order valence-corrected chi connectivity index (χ4v) is 2.33. The molecule has 0 bridgehead atoms. The molecule has 0 radical (unpaired) electrons. The average molecular weight is 321 g/mol. The number of aryl methyl sites for hydroxylation is 1. The van der Waals surface area contributed by atoms with Crippen molar-refractivity contribution in [1.29, 1.82) is 0 Å². The quantitative estimate of drug-likeness (QED) is 0.724. The van der Waals surface area contributed by atoms with Gasteiger partial charge in [0.05, 0.1) is 22.5 Å². The summed E-state index contributed by atoms with van der Waals surface area (Å²) in [4.78, 5) is 27.7. The van der Waals surface area contributed by atoms with Crippen LogP contribution in [0, 0.1) is 6.92 Å². The van der Waals surface area contributed by atoms with Gasteiger partial charge in [-0.15, -0.1) is 0 Å². The molecule has 0 unspecified atom stereocenters. The molecule has 6 heteroatoms. The second-order valence-corrected chi connectivity index (χ2v) is 5.24. The van der Waals surface area contributed by atoms with Crippen molar-refractivity contribution in [2.75, 3.05) is 0 Å². The van der Waals surface area contributed by atoms with Gasteiger partial charge in [-0.05, 0) is 37.3 Å². The second-order valence-electron chi connectivity index (χ2n) is 5.24. The lowest BCUT2D eigenvalue weighted by Gasteiger charge is -1.99. The van der Waals surface area contributed by atoms with Gasteiger partial charge in [0, 0.05) is 11.9 Å². The lowest BCUT2D eigenvalue weighted by Crippen LogP contribution is -2.17. The molecule has 0 aliphatic heterocycles. The Hall–Kier alpha value is -3.41. The van der Waals surface area contributed by atoms with Gasteiger partial charge in [-0.2, -0.15) is 0 Å². The van der Waals surface area contributed by atoms with Gasteiger partial charge in [-0.3, -0.25) is 14.9 Å². The predicted octanol–water partition coefficient (Wildman–Crippen LogP) is 2.92. The Morgan fingerprint density at radius 3 is 2.62 bits per heavy atom. The lowest BCUT2D eigenvalue weighted by atomic mass is 10.2. The molecule has 2 N–H and O–H groups in total. The maximum Gasteiger partial charge on any atom is 0.335 e. The minimum absolute atomic E-state index is 0.150. The number of benzene rings is 2. The summed E-state index contributed by atoms with van der Waals surface area (Å²) < 4.78 is 1.45. The van der Waals surface area contributed by atoms with Gasteiger partial charge in [-0.25, -0.2) is 9.48 Å². The number of para-hydroxylation sites is 1. The molecule has 0 spiro atoms. The summed E-state index contributed by atoms with van der Waals surface area (Å²) in [5.74, 6) is -1.02. The Labute approximate surface area is 137 Å². The number of H-pyrrole nitrogens is 1. The van der Waals surface area contributed by atoms with Crippen molar-refractivity contribution < 1.29 is 9.90 Å². The van der Waals surface area contributed by atoms with E-state index < -0.39 is 5.97 Å². The molecule has 0 aliphatic carbocycles. The molecule has 1 aromatic heterocycles. The molecule has 6 nitrogen and oxygen atoms in total. The van der Waals surface area contributed by atoms with Crippen LogP contribution >= 0.6 is 0 Å². The number of aromatic carboxylic acids is 1. The summed E-state index contributed by atoms with van der Waals surface area (Å²) in [6.07, 6.45) is 1.45. The maximum atomic E-state index is 12.5. The largest absolute Gasteiger partial charge is 0.478 e. The average Bonchev–Trinajstić information content (AvgIpc) is 2.88.